The molecule has 0 saturated heterocycles. The van der Waals surface area contributed by atoms with Gasteiger partial charge in [-0.2, -0.15) is 0 Å². The van der Waals surface area contributed by atoms with E-state index in [1.165, 1.54) is 11.1 Å². The monoisotopic (exact) mass is 379 g/mol. The second-order valence-corrected chi connectivity index (χ2v) is 8.21. The molecule has 0 radical (unpaired) electrons. The molecular formula is C25H33NO2. The smallest absolute Gasteiger partial charge is 0.312 e. The zero-order valence-electron chi connectivity index (χ0n) is 17.4. The van der Waals surface area contributed by atoms with E-state index in [2.05, 4.69) is 79.4 Å². The van der Waals surface area contributed by atoms with Gasteiger partial charge in [0.05, 0.1) is 12.0 Å². The van der Waals surface area contributed by atoms with Crippen LogP contribution in [0, 0.1) is 11.3 Å². The van der Waals surface area contributed by atoms with E-state index in [-0.39, 0.29) is 11.4 Å². The molecule has 1 aliphatic rings. The standard InChI is InChI=1S/C25H33NO2/c1-4-22-16-23(17-25(22,3)24(27)28-5-2)26(18-20-12-8-6-9-13-20)19-21-14-10-7-11-15-21/h6-15,22-23H,4-5,16-19H2,1-3H3/t22-,23?,25?/m0/s1. The predicted molar refractivity (Wildman–Crippen MR) is 114 cm³/mol. The van der Waals surface area contributed by atoms with Crippen molar-refractivity contribution in [1.29, 1.82) is 0 Å². The van der Waals surface area contributed by atoms with Crippen LogP contribution >= 0.6 is 0 Å². The molecule has 0 spiro atoms. The van der Waals surface area contributed by atoms with Crippen LogP contribution in [0.25, 0.3) is 0 Å². The van der Waals surface area contributed by atoms with Crippen molar-refractivity contribution in [3.63, 3.8) is 0 Å². The van der Waals surface area contributed by atoms with Gasteiger partial charge in [0, 0.05) is 19.1 Å². The molecule has 0 amide bonds. The van der Waals surface area contributed by atoms with Gasteiger partial charge in [-0.1, -0.05) is 74.0 Å². The number of nitrogens with zero attached hydrogens (tertiary/aromatic N) is 1. The SMILES string of the molecule is CCOC(=O)C1(C)CC(N(Cc2ccccc2)Cc2ccccc2)C[C@@H]1CC. The van der Waals surface area contributed by atoms with Gasteiger partial charge in [-0.3, -0.25) is 9.69 Å². The third kappa shape index (κ3) is 4.64. The number of carbonyl (C=O) groups excluding carboxylic acids is 1. The van der Waals surface area contributed by atoms with Gasteiger partial charge in [0.15, 0.2) is 0 Å². The van der Waals surface area contributed by atoms with Gasteiger partial charge in [-0.05, 0) is 43.7 Å². The summed E-state index contributed by atoms with van der Waals surface area (Å²) in [6.07, 6.45) is 2.92. The molecule has 0 N–H and O–H groups in total. The van der Waals surface area contributed by atoms with Crippen molar-refractivity contribution in [1.82, 2.24) is 4.90 Å². The first-order valence-electron chi connectivity index (χ1n) is 10.6. The molecule has 3 heteroatoms. The van der Waals surface area contributed by atoms with Crippen LogP contribution in [0.5, 0.6) is 0 Å². The molecule has 2 aromatic rings. The fraction of sp³-hybridized carbons (Fsp3) is 0.480. The normalized spacial score (nSPS) is 24.4. The van der Waals surface area contributed by atoms with Crippen LogP contribution in [0.3, 0.4) is 0 Å². The maximum Gasteiger partial charge on any atom is 0.312 e. The van der Waals surface area contributed by atoms with Crippen molar-refractivity contribution in [2.24, 2.45) is 11.3 Å². The van der Waals surface area contributed by atoms with E-state index in [1.54, 1.807) is 0 Å². The molecule has 28 heavy (non-hydrogen) atoms. The molecule has 2 unspecified atom stereocenters. The van der Waals surface area contributed by atoms with Crippen molar-refractivity contribution >= 4 is 5.97 Å². The number of ether oxygens (including phenoxy) is 1. The van der Waals surface area contributed by atoms with E-state index in [1.807, 2.05) is 6.92 Å². The molecule has 0 aromatic heterocycles. The minimum atomic E-state index is -0.388. The van der Waals surface area contributed by atoms with Gasteiger partial charge >= 0.3 is 5.97 Å². The summed E-state index contributed by atoms with van der Waals surface area (Å²) in [4.78, 5) is 15.3. The number of rotatable bonds is 8. The van der Waals surface area contributed by atoms with Crippen molar-refractivity contribution in [2.75, 3.05) is 6.61 Å². The Morgan fingerprint density at radius 2 is 1.54 bits per heavy atom. The minimum Gasteiger partial charge on any atom is -0.466 e. The van der Waals surface area contributed by atoms with Gasteiger partial charge in [-0.15, -0.1) is 0 Å². The lowest BCUT2D eigenvalue weighted by atomic mass is 9.78. The maximum atomic E-state index is 12.8. The first-order chi connectivity index (χ1) is 13.6. The van der Waals surface area contributed by atoms with E-state index >= 15 is 0 Å². The summed E-state index contributed by atoms with van der Waals surface area (Å²) >= 11 is 0. The Kier molecular flexibility index (Phi) is 6.90. The van der Waals surface area contributed by atoms with Crippen molar-refractivity contribution in [3.05, 3.63) is 71.8 Å². The third-order valence-electron chi connectivity index (χ3n) is 6.33. The van der Waals surface area contributed by atoms with Gasteiger partial charge in [0.2, 0.25) is 0 Å². The quantitative estimate of drug-likeness (QED) is 0.572. The van der Waals surface area contributed by atoms with E-state index < -0.39 is 0 Å². The Balaban J connectivity index is 1.83. The summed E-state index contributed by atoms with van der Waals surface area (Å²) in [5.74, 6) is 0.342. The van der Waals surface area contributed by atoms with Crippen LogP contribution in [0.2, 0.25) is 0 Å². The van der Waals surface area contributed by atoms with Crippen molar-refractivity contribution in [2.45, 2.75) is 59.2 Å². The van der Waals surface area contributed by atoms with Crippen LogP contribution in [-0.2, 0) is 22.6 Å². The lowest BCUT2D eigenvalue weighted by Crippen LogP contribution is -2.36. The second-order valence-electron chi connectivity index (χ2n) is 8.21. The van der Waals surface area contributed by atoms with E-state index in [0.717, 1.165) is 32.4 Å². The Morgan fingerprint density at radius 3 is 2.00 bits per heavy atom. The number of carbonyl (C=O) groups is 1. The largest absolute Gasteiger partial charge is 0.466 e. The molecule has 3 nitrogen and oxygen atoms in total. The molecule has 3 rings (SSSR count). The third-order valence-corrected chi connectivity index (χ3v) is 6.33. The molecule has 1 aliphatic carbocycles. The molecule has 0 heterocycles. The van der Waals surface area contributed by atoms with Gasteiger partial charge in [0.1, 0.15) is 0 Å². The highest BCUT2D eigenvalue weighted by atomic mass is 16.5. The predicted octanol–water partition coefficient (Wildman–Crippen LogP) is 5.45. The van der Waals surface area contributed by atoms with E-state index in [4.69, 9.17) is 4.74 Å². The van der Waals surface area contributed by atoms with E-state index in [9.17, 15) is 4.79 Å². The molecular weight excluding hydrogens is 346 g/mol. The van der Waals surface area contributed by atoms with Crippen molar-refractivity contribution < 1.29 is 9.53 Å². The maximum absolute atomic E-state index is 12.8. The summed E-state index contributed by atoms with van der Waals surface area (Å²) in [5, 5.41) is 0. The summed E-state index contributed by atoms with van der Waals surface area (Å²) in [5.41, 5.74) is 2.24. The van der Waals surface area contributed by atoms with Crippen LogP contribution in [-0.4, -0.2) is 23.5 Å². The van der Waals surface area contributed by atoms with Crippen molar-refractivity contribution in [3.8, 4) is 0 Å². The number of hydrogen-bond donors (Lipinski definition) is 0. The second kappa shape index (κ2) is 9.38. The molecule has 0 bridgehead atoms. The highest BCUT2D eigenvalue weighted by molar-refractivity contribution is 5.77. The number of hydrogen-bond acceptors (Lipinski definition) is 3. The molecule has 2 aromatic carbocycles. The minimum absolute atomic E-state index is 0.0243. The summed E-state index contributed by atoms with van der Waals surface area (Å²) in [6, 6.07) is 21.7. The highest BCUT2D eigenvalue weighted by Crippen LogP contribution is 2.48. The average molecular weight is 380 g/mol. The molecule has 150 valence electrons. The number of benzene rings is 2. The van der Waals surface area contributed by atoms with Gasteiger partial charge in [0.25, 0.3) is 0 Å². The Morgan fingerprint density at radius 1 is 1.00 bits per heavy atom. The van der Waals surface area contributed by atoms with Gasteiger partial charge in [-0.25, -0.2) is 0 Å². The van der Waals surface area contributed by atoms with Crippen LogP contribution in [0.15, 0.2) is 60.7 Å². The lowest BCUT2D eigenvalue weighted by molar-refractivity contribution is -0.156. The fourth-order valence-corrected chi connectivity index (χ4v) is 4.72. The van der Waals surface area contributed by atoms with Crippen LogP contribution < -0.4 is 0 Å². The first kappa shape index (κ1) is 20.6. The van der Waals surface area contributed by atoms with Gasteiger partial charge < -0.3 is 4.74 Å². The highest BCUT2D eigenvalue weighted by Gasteiger charge is 2.50. The Hall–Kier alpha value is -2.13. The fourth-order valence-electron chi connectivity index (χ4n) is 4.72. The molecule has 1 saturated carbocycles. The van der Waals surface area contributed by atoms with Crippen LogP contribution in [0.4, 0.5) is 0 Å². The lowest BCUT2D eigenvalue weighted by Gasteiger charge is -2.31. The Bertz CT molecular complexity index is 704. The Labute approximate surface area is 169 Å². The molecule has 3 atom stereocenters. The first-order valence-corrected chi connectivity index (χ1v) is 10.6. The molecule has 1 fully saturated rings. The topological polar surface area (TPSA) is 29.5 Å². The van der Waals surface area contributed by atoms with E-state index in [0.29, 0.717) is 18.6 Å². The summed E-state index contributed by atoms with van der Waals surface area (Å²) in [7, 11) is 0. The summed E-state index contributed by atoms with van der Waals surface area (Å²) < 4.78 is 5.47. The zero-order valence-corrected chi connectivity index (χ0v) is 17.4. The molecule has 0 aliphatic heterocycles. The number of esters is 1. The average Bonchev–Trinajstić information content (AvgIpc) is 3.07. The zero-order chi connectivity index (χ0) is 20.0. The summed E-state index contributed by atoms with van der Waals surface area (Å²) in [6.45, 7) is 8.45. The van der Waals surface area contributed by atoms with Crippen LogP contribution in [0.1, 0.15) is 51.2 Å².